The molecule has 10 nitrogen and oxygen atoms in total. The molecular weight excluding hydrogens is 344 g/mol. The summed E-state index contributed by atoms with van der Waals surface area (Å²) in [6, 6.07) is 0. The van der Waals surface area contributed by atoms with Crippen LogP contribution in [0.5, 0.6) is 0 Å². The lowest BCUT2D eigenvalue weighted by Gasteiger charge is -2.17. The Hall–Kier alpha value is -2.91. The normalized spacial score (nSPS) is 10.2. The van der Waals surface area contributed by atoms with Crippen LogP contribution >= 0.6 is 0 Å². The first kappa shape index (κ1) is 25.3. The zero-order valence-corrected chi connectivity index (χ0v) is 15.7. The molecule has 0 saturated carbocycles. The van der Waals surface area contributed by atoms with Crippen molar-refractivity contribution in [2.75, 3.05) is 26.2 Å². The molecule has 0 rings (SSSR count). The number of carbonyl (C=O) groups excluding carboxylic acids is 5. The van der Waals surface area contributed by atoms with Crippen LogP contribution in [-0.2, 0) is 24.0 Å². The Morgan fingerprint density at radius 3 is 1.54 bits per heavy atom. The topological polar surface area (TPSA) is 164 Å². The highest BCUT2D eigenvalue weighted by Gasteiger charge is 2.17. The van der Waals surface area contributed by atoms with Gasteiger partial charge in [0.25, 0.3) is 11.8 Å². The van der Waals surface area contributed by atoms with Gasteiger partial charge in [-0.2, -0.15) is 0 Å². The highest BCUT2D eigenvalue weighted by Crippen LogP contribution is 1.95. The minimum absolute atomic E-state index is 0.353. The van der Waals surface area contributed by atoms with E-state index in [1.165, 1.54) is 9.80 Å². The Balaban J connectivity index is 0. The van der Waals surface area contributed by atoms with E-state index in [0.717, 1.165) is 6.08 Å². The highest BCUT2D eigenvalue weighted by atomic mass is 16.3. The van der Waals surface area contributed by atoms with E-state index in [4.69, 9.17) is 16.6 Å². The van der Waals surface area contributed by atoms with E-state index >= 15 is 0 Å². The van der Waals surface area contributed by atoms with Crippen LogP contribution < -0.4 is 11.5 Å². The van der Waals surface area contributed by atoms with Gasteiger partial charge in [0.15, 0.2) is 5.76 Å². The van der Waals surface area contributed by atoms with Crippen molar-refractivity contribution in [3.63, 3.8) is 0 Å². The number of aliphatic hydroxyl groups is 1. The fourth-order valence-electron chi connectivity index (χ4n) is 1.73. The summed E-state index contributed by atoms with van der Waals surface area (Å²) in [5, 5.41) is 8.88. The van der Waals surface area contributed by atoms with Gasteiger partial charge in [-0.15, -0.1) is 0 Å². The summed E-state index contributed by atoms with van der Waals surface area (Å²) in [6.45, 7) is 9.32. The molecule has 10 heteroatoms. The van der Waals surface area contributed by atoms with Crippen LogP contribution in [0, 0.1) is 0 Å². The van der Waals surface area contributed by atoms with E-state index in [9.17, 15) is 24.0 Å². The molecule has 0 aliphatic heterocycles. The lowest BCUT2D eigenvalue weighted by atomic mass is 10.2. The lowest BCUT2D eigenvalue weighted by Crippen LogP contribution is -2.35. The Kier molecular flexibility index (Phi) is 13.0. The molecule has 0 aliphatic rings. The number of nitrogens with zero attached hydrogens (tertiary/aromatic N) is 2. The van der Waals surface area contributed by atoms with Crippen LogP contribution in [0.3, 0.4) is 0 Å². The van der Waals surface area contributed by atoms with Crippen molar-refractivity contribution >= 4 is 29.4 Å². The Labute approximate surface area is 152 Å². The van der Waals surface area contributed by atoms with Crippen molar-refractivity contribution in [3.8, 4) is 0 Å². The number of ketones is 1. The second-order valence-electron chi connectivity index (χ2n) is 4.93. The molecule has 0 spiro atoms. The summed E-state index contributed by atoms with van der Waals surface area (Å²) in [6.07, 6.45) is 0.409. The van der Waals surface area contributed by atoms with Crippen LogP contribution in [0.25, 0.3) is 0 Å². The van der Waals surface area contributed by atoms with Gasteiger partial charge in [-0.05, 0) is 27.7 Å². The fraction of sp³-hybridized carbons (Fsp3) is 0.562. The average Bonchev–Trinajstić information content (AvgIpc) is 2.57. The Morgan fingerprint density at radius 2 is 1.23 bits per heavy atom. The number of Topliss-reactive ketones (excluding diaryl/α,β-unsaturated/α-hetero) is 1. The largest absolute Gasteiger partial charge is 0.503 e. The number of likely N-dealkylation sites (N-methyl/N-ethyl adjacent to an activating group) is 1. The van der Waals surface area contributed by atoms with Crippen molar-refractivity contribution in [1.29, 1.82) is 0 Å². The second-order valence-corrected chi connectivity index (χ2v) is 4.93. The third-order valence-corrected chi connectivity index (χ3v) is 3.29. The summed E-state index contributed by atoms with van der Waals surface area (Å²) >= 11 is 0. The smallest absolute Gasteiger partial charge is 0.285 e. The maximum Gasteiger partial charge on any atom is 0.285 e. The monoisotopic (exact) mass is 372 g/mol. The van der Waals surface area contributed by atoms with Gasteiger partial charge in [-0.3, -0.25) is 24.0 Å². The van der Waals surface area contributed by atoms with E-state index in [0.29, 0.717) is 26.2 Å². The minimum atomic E-state index is -1.06. The van der Waals surface area contributed by atoms with Crippen molar-refractivity contribution in [1.82, 2.24) is 9.80 Å². The number of nitrogens with two attached hydrogens (primary N) is 2. The Bertz CT molecular complexity index is 551. The molecule has 0 heterocycles. The maximum atomic E-state index is 11.2. The predicted octanol–water partition coefficient (Wildman–Crippen LogP) is -0.919. The number of rotatable bonds is 9. The van der Waals surface area contributed by atoms with Crippen LogP contribution in [0.4, 0.5) is 0 Å². The molecule has 4 amide bonds. The number of carbonyl (C=O) groups is 5. The van der Waals surface area contributed by atoms with E-state index in [1.807, 2.05) is 0 Å². The van der Waals surface area contributed by atoms with E-state index in [-0.39, 0.29) is 5.91 Å². The molecule has 0 unspecified atom stereocenters. The van der Waals surface area contributed by atoms with Crippen molar-refractivity contribution < 1.29 is 29.1 Å². The van der Waals surface area contributed by atoms with E-state index < -0.39 is 35.7 Å². The standard InChI is InChI=1S/2C8H14N2O3/c2*1-3-10(4-2)7(12)5-6(11)8(9)13/h3-5H2,1-2H3,(H2,9,13);5,11H,3-4H2,1-2H3,(H2,9,13)/b;6-5-. The molecular formula is C16H28N4O6. The summed E-state index contributed by atoms with van der Waals surface area (Å²) in [4.78, 5) is 56.8. The van der Waals surface area contributed by atoms with Gasteiger partial charge in [-0.1, -0.05) is 0 Å². The number of primary amides is 2. The average molecular weight is 372 g/mol. The van der Waals surface area contributed by atoms with Crippen molar-refractivity contribution in [2.24, 2.45) is 11.5 Å². The first-order chi connectivity index (χ1) is 12.0. The lowest BCUT2D eigenvalue weighted by molar-refractivity contribution is -0.141. The summed E-state index contributed by atoms with van der Waals surface area (Å²) < 4.78 is 0. The molecule has 0 aromatic rings. The molecule has 26 heavy (non-hydrogen) atoms. The van der Waals surface area contributed by atoms with Crippen molar-refractivity contribution in [2.45, 2.75) is 34.1 Å². The molecule has 0 fully saturated rings. The number of hydrogen-bond donors (Lipinski definition) is 3. The van der Waals surface area contributed by atoms with Crippen LogP contribution in [0.2, 0.25) is 0 Å². The molecule has 148 valence electrons. The van der Waals surface area contributed by atoms with Crippen LogP contribution in [0.15, 0.2) is 11.8 Å². The van der Waals surface area contributed by atoms with Crippen LogP contribution in [-0.4, -0.2) is 70.5 Å². The molecule has 0 aromatic carbocycles. The molecule has 0 bridgehead atoms. The SMILES string of the molecule is CCN(CC)C(=O)/C=C(\O)C(N)=O.CCN(CC)C(=O)CC(=O)C(N)=O. The quantitative estimate of drug-likeness (QED) is 0.205. The third kappa shape index (κ3) is 10.1. The van der Waals surface area contributed by atoms with Crippen molar-refractivity contribution in [3.05, 3.63) is 11.8 Å². The molecule has 0 aliphatic carbocycles. The summed E-state index contributed by atoms with van der Waals surface area (Å²) in [7, 11) is 0. The predicted molar refractivity (Wildman–Crippen MR) is 94.6 cm³/mol. The molecule has 0 radical (unpaired) electrons. The molecule has 5 N–H and O–H groups in total. The van der Waals surface area contributed by atoms with Crippen LogP contribution in [0.1, 0.15) is 34.1 Å². The van der Waals surface area contributed by atoms with Gasteiger partial charge in [0.2, 0.25) is 17.6 Å². The minimum Gasteiger partial charge on any atom is -0.503 e. The number of amides is 4. The number of aliphatic hydroxyl groups excluding tert-OH is 1. The van der Waals surface area contributed by atoms with E-state index in [1.54, 1.807) is 27.7 Å². The second kappa shape index (κ2) is 13.4. The van der Waals surface area contributed by atoms with Gasteiger partial charge in [0.1, 0.15) is 0 Å². The first-order valence-corrected chi connectivity index (χ1v) is 8.15. The van der Waals surface area contributed by atoms with Gasteiger partial charge in [0.05, 0.1) is 12.5 Å². The highest BCUT2D eigenvalue weighted by molar-refractivity contribution is 6.38. The van der Waals surface area contributed by atoms with Gasteiger partial charge in [0, 0.05) is 26.2 Å². The Morgan fingerprint density at radius 1 is 0.808 bits per heavy atom. The van der Waals surface area contributed by atoms with E-state index in [2.05, 4.69) is 0 Å². The molecule has 0 saturated heterocycles. The summed E-state index contributed by atoms with van der Waals surface area (Å²) in [5.74, 6) is -4.37. The van der Waals surface area contributed by atoms with Gasteiger partial charge >= 0.3 is 0 Å². The van der Waals surface area contributed by atoms with Gasteiger partial charge in [-0.25, -0.2) is 0 Å². The molecule has 0 aromatic heterocycles. The summed E-state index contributed by atoms with van der Waals surface area (Å²) in [5.41, 5.74) is 9.45. The first-order valence-electron chi connectivity index (χ1n) is 8.15. The fourth-order valence-corrected chi connectivity index (χ4v) is 1.73. The molecule has 0 atom stereocenters. The zero-order chi connectivity index (χ0) is 20.9. The third-order valence-electron chi connectivity index (χ3n) is 3.29. The zero-order valence-electron chi connectivity index (χ0n) is 15.7. The van der Waals surface area contributed by atoms with Gasteiger partial charge < -0.3 is 26.4 Å². The maximum absolute atomic E-state index is 11.2. The number of hydrogen-bond acceptors (Lipinski definition) is 6.